The molecule has 2 aromatic rings. The molecule has 0 spiro atoms. The number of carboxylic acid groups (broad SMARTS) is 1. The number of hydrogen-bond acceptors (Lipinski definition) is 1. The van der Waals surface area contributed by atoms with E-state index >= 15 is 0 Å². The van der Waals surface area contributed by atoms with Crippen molar-refractivity contribution >= 4 is 17.6 Å². The predicted molar refractivity (Wildman–Crippen MR) is 81.1 cm³/mol. The summed E-state index contributed by atoms with van der Waals surface area (Å²) in [5.41, 5.74) is 2.56. The smallest absolute Gasteiger partial charge is 0.307 e. The predicted octanol–water partition coefficient (Wildman–Crippen LogP) is 4.27. The highest BCUT2D eigenvalue weighted by Crippen LogP contribution is 2.24. The Kier molecular flexibility index (Phi) is 4.97. The molecule has 0 aliphatic heterocycles. The van der Waals surface area contributed by atoms with Gasteiger partial charge in [0.15, 0.2) is 0 Å². The Morgan fingerprint density at radius 2 is 1.76 bits per heavy atom. The fourth-order valence-electron chi connectivity index (χ4n) is 2.32. The average Bonchev–Trinajstić information content (AvgIpc) is 2.45. The molecular weight excluding hydrogens is 291 g/mol. The number of hydrogen-bond donors (Lipinski definition) is 1. The lowest BCUT2D eigenvalue weighted by molar-refractivity contribution is -0.141. The molecule has 0 fully saturated rings. The highest BCUT2D eigenvalue weighted by Gasteiger charge is 2.21. The zero-order valence-electron chi connectivity index (χ0n) is 11.6. The van der Waals surface area contributed by atoms with Crippen LogP contribution in [0.25, 0.3) is 0 Å². The van der Waals surface area contributed by atoms with Crippen LogP contribution in [0.4, 0.5) is 4.39 Å². The molecule has 1 atom stereocenters. The van der Waals surface area contributed by atoms with Crippen molar-refractivity contribution in [2.75, 3.05) is 0 Å². The van der Waals surface area contributed by atoms with Crippen LogP contribution >= 0.6 is 11.6 Å². The molecule has 2 nitrogen and oxygen atoms in total. The standard InChI is InChI=1S/C17H16ClFO2/c1-11-5-2-3-6-12(11)9-14(17(20)21)10-13-7-4-8-15(19)16(13)18/h2-8,14H,9-10H2,1H3,(H,20,21). The number of rotatable bonds is 5. The van der Waals surface area contributed by atoms with E-state index in [1.54, 1.807) is 12.1 Å². The molecule has 0 bridgehead atoms. The third-order valence-electron chi connectivity index (χ3n) is 3.57. The molecule has 0 heterocycles. The van der Waals surface area contributed by atoms with Crippen molar-refractivity contribution in [2.45, 2.75) is 19.8 Å². The van der Waals surface area contributed by atoms with Gasteiger partial charge in [0, 0.05) is 0 Å². The summed E-state index contributed by atoms with van der Waals surface area (Å²) < 4.78 is 13.4. The van der Waals surface area contributed by atoms with Crippen molar-refractivity contribution in [2.24, 2.45) is 5.92 Å². The van der Waals surface area contributed by atoms with Crippen molar-refractivity contribution in [1.29, 1.82) is 0 Å². The number of carboxylic acids is 1. The first-order chi connectivity index (χ1) is 9.99. The van der Waals surface area contributed by atoms with E-state index in [0.717, 1.165) is 11.1 Å². The maximum absolute atomic E-state index is 13.4. The second-order valence-electron chi connectivity index (χ2n) is 5.08. The molecule has 0 saturated carbocycles. The third-order valence-corrected chi connectivity index (χ3v) is 4.00. The summed E-state index contributed by atoms with van der Waals surface area (Å²) in [6, 6.07) is 12.1. The Labute approximate surface area is 128 Å². The van der Waals surface area contributed by atoms with Gasteiger partial charge in [-0.2, -0.15) is 0 Å². The molecule has 0 saturated heterocycles. The van der Waals surface area contributed by atoms with E-state index in [9.17, 15) is 14.3 Å². The van der Waals surface area contributed by atoms with Gasteiger partial charge in [-0.25, -0.2) is 4.39 Å². The Bertz CT molecular complexity index is 655. The Hall–Kier alpha value is -1.87. The van der Waals surface area contributed by atoms with E-state index in [-0.39, 0.29) is 11.4 Å². The van der Waals surface area contributed by atoms with E-state index < -0.39 is 17.7 Å². The van der Waals surface area contributed by atoms with Gasteiger partial charge in [-0.15, -0.1) is 0 Å². The molecular formula is C17H16ClFO2. The topological polar surface area (TPSA) is 37.3 Å². The van der Waals surface area contributed by atoms with Gasteiger partial charge in [0.2, 0.25) is 0 Å². The van der Waals surface area contributed by atoms with Crippen LogP contribution in [0.2, 0.25) is 5.02 Å². The van der Waals surface area contributed by atoms with Gasteiger partial charge in [0.25, 0.3) is 0 Å². The number of aryl methyl sites for hydroxylation is 1. The van der Waals surface area contributed by atoms with Crippen LogP contribution in [-0.4, -0.2) is 11.1 Å². The zero-order valence-corrected chi connectivity index (χ0v) is 12.4. The molecule has 0 aliphatic carbocycles. The average molecular weight is 307 g/mol. The molecule has 1 N–H and O–H groups in total. The minimum absolute atomic E-state index is 0.00790. The minimum atomic E-state index is -0.904. The molecule has 110 valence electrons. The quantitative estimate of drug-likeness (QED) is 0.895. The first-order valence-electron chi connectivity index (χ1n) is 6.69. The van der Waals surface area contributed by atoms with Gasteiger partial charge in [-0.3, -0.25) is 4.79 Å². The number of aliphatic carboxylic acids is 1. The molecule has 2 rings (SSSR count). The maximum atomic E-state index is 13.4. The van der Waals surface area contributed by atoms with Gasteiger partial charge >= 0.3 is 5.97 Å². The van der Waals surface area contributed by atoms with Crippen LogP contribution in [0.1, 0.15) is 16.7 Å². The first kappa shape index (κ1) is 15.5. The highest BCUT2D eigenvalue weighted by molar-refractivity contribution is 6.31. The van der Waals surface area contributed by atoms with Gasteiger partial charge < -0.3 is 5.11 Å². The van der Waals surface area contributed by atoms with E-state index in [0.29, 0.717) is 12.0 Å². The van der Waals surface area contributed by atoms with Crippen LogP contribution in [-0.2, 0) is 17.6 Å². The van der Waals surface area contributed by atoms with Crippen LogP contribution in [0, 0.1) is 18.7 Å². The molecule has 0 amide bonds. The number of carbonyl (C=O) groups is 1. The molecule has 1 unspecified atom stereocenters. The Morgan fingerprint density at radius 3 is 2.43 bits per heavy atom. The summed E-state index contributed by atoms with van der Waals surface area (Å²) in [6.07, 6.45) is 0.606. The van der Waals surface area contributed by atoms with Gasteiger partial charge in [-0.05, 0) is 42.5 Å². The molecule has 0 aliphatic rings. The second-order valence-corrected chi connectivity index (χ2v) is 5.46. The summed E-state index contributed by atoms with van der Waals surface area (Å²) in [5, 5.41) is 9.42. The summed E-state index contributed by atoms with van der Waals surface area (Å²) in [5.74, 6) is -2.06. The maximum Gasteiger partial charge on any atom is 0.307 e. The van der Waals surface area contributed by atoms with Gasteiger partial charge in [0.1, 0.15) is 5.82 Å². The molecule has 0 aromatic heterocycles. The normalized spacial score (nSPS) is 12.1. The lowest BCUT2D eigenvalue weighted by Gasteiger charge is -2.15. The van der Waals surface area contributed by atoms with Crippen molar-refractivity contribution in [1.82, 2.24) is 0 Å². The van der Waals surface area contributed by atoms with Crippen LogP contribution in [0.5, 0.6) is 0 Å². The molecule has 21 heavy (non-hydrogen) atoms. The molecule has 2 aromatic carbocycles. The van der Waals surface area contributed by atoms with Gasteiger partial charge in [-0.1, -0.05) is 48.0 Å². The minimum Gasteiger partial charge on any atom is -0.481 e. The lowest BCUT2D eigenvalue weighted by Crippen LogP contribution is -2.20. The number of benzene rings is 2. The summed E-state index contributed by atoms with van der Waals surface area (Å²) in [7, 11) is 0. The largest absolute Gasteiger partial charge is 0.481 e. The van der Waals surface area contributed by atoms with Crippen molar-refractivity contribution in [3.63, 3.8) is 0 Å². The molecule has 4 heteroatoms. The molecule has 0 radical (unpaired) electrons. The third kappa shape index (κ3) is 3.82. The lowest BCUT2D eigenvalue weighted by atomic mass is 9.91. The van der Waals surface area contributed by atoms with Crippen LogP contribution in [0.15, 0.2) is 42.5 Å². The number of halogens is 2. The van der Waals surface area contributed by atoms with E-state index in [4.69, 9.17) is 11.6 Å². The fourth-order valence-corrected chi connectivity index (χ4v) is 2.53. The van der Waals surface area contributed by atoms with Crippen molar-refractivity contribution in [3.8, 4) is 0 Å². The van der Waals surface area contributed by atoms with Crippen molar-refractivity contribution in [3.05, 3.63) is 70.0 Å². The van der Waals surface area contributed by atoms with E-state index in [1.165, 1.54) is 6.07 Å². The summed E-state index contributed by atoms with van der Waals surface area (Å²) in [4.78, 5) is 11.5. The van der Waals surface area contributed by atoms with Crippen molar-refractivity contribution < 1.29 is 14.3 Å². The summed E-state index contributed by atoms with van der Waals surface area (Å²) >= 11 is 5.91. The van der Waals surface area contributed by atoms with Crippen LogP contribution < -0.4 is 0 Å². The van der Waals surface area contributed by atoms with Crippen LogP contribution in [0.3, 0.4) is 0 Å². The zero-order chi connectivity index (χ0) is 15.4. The highest BCUT2D eigenvalue weighted by atomic mass is 35.5. The van der Waals surface area contributed by atoms with E-state index in [2.05, 4.69) is 0 Å². The Balaban J connectivity index is 2.22. The second kappa shape index (κ2) is 6.72. The fraction of sp³-hybridized carbons (Fsp3) is 0.235. The summed E-state index contributed by atoms with van der Waals surface area (Å²) in [6.45, 7) is 1.95. The SMILES string of the molecule is Cc1ccccc1CC(Cc1cccc(F)c1Cl)C(=O)O. The van der Waals surface area contributed by atoms with E-state index in [1.807, 2.05) is 31.2 Å². The Morgan fingerprint density at radius 1 is 1.14 bits per heavy atom. The van der Waals surface area contributed by atoms with Gasteiger partial charge in [0.05, 0.1) is 10.9 Å². The first-order valence-corrected chi connectivity index (χ1v) is 7.07. The monoisotopic (exact) mass is 306 g/mol.